The fourth-order valence-electron chi connectivity index (χ4n) is 2.32. The van der Waals surface area contributed by atoms with Crippen LogP contribution in [0.15, 0.2) is 48.5 Å². The van der Waals surface area contributed by atoms with Gasteiger partial charge in [0.1, 0.15) is 11.8 Å². The molecular weight excluding hydrogens is 377 g/mol. The van der Waals surface area contributed by atoms with Crippen molar-refractivity contribution in [2.45, 2.75) is 25.3 Å². The lowest BCUT2D eigenvalue weighted by molar-refractivity contribution is -0.141. The summed E-state index contributed by atoms with van der Waals surface area (Å²) in [4.78, 5) is 23.4. The van der Waals surface area contributed by atoms with Gasteiger partial charge >= 0.3 is 5.97 Å². The Hall–Kier alpha value is -2.24. The van der Waals surface area contributed by atoms with E-state index in [4.69, 9.17) is 27.9 Å². The molecule has 0 bridgehead atoms. The van der Waals surface area contributed by atoms with Gasteiger partial charge in [0.2, 0.25) is 5.91 Å². The Morgan fingerprint density at radius 1 is 1.12 bits per heavy atom. The van der Waals surface area contributed by atoms with Gasteiger partial charge in [0.25, 0.3) is 0 Å². The van der Waals surface area contributed by atoms with Crippen LogP contribution in [0.2, 0.25) is 10.0 Å². The number of carbonyl (C=O) groups is 2. The molecule has 0 saturated heterocycles. The van der Waals surface area contributed by atoms with Crippen LogP contribution in [0.3, 0.4) is 0 Å². The summed E-state index contributed by atoms with van der Waals surface area (Å²) >= 11 is 11.8. The second kappa shape index (κ2) is 10.0. The van der Waals surface area contributed by atoms with Crippen molar-refractivity contribution in [1.29, 1.82) is 0 Å². The summed E-state index contributed by atoms with van der Waals surface area (Å²) in [6.45, 7) is 0.283. The largest absolute Gasteiger partial charge is 0.492 e. The molecule has 0 aliphatic heterocycles. The van der Waals surface area contributed by atoms with Crippen LogP contribution in [0, 0.1) is 0 Å². The van der Waals surface area contributed by atoms with Gasteiger partial charge in [0.15, 0.2) is 0 Å². The Bertz CT molecular complexity index is 752. The molecule has 5 nitrogen and oxygen atoms in total. The van der Waals surface area contributed by atoms with E-state index in [0.717, 1.165) is 5.56 Å². The van der Waals surface area contributed by atoms with Gasteiger partial charge in [-0.2, -0.15) is 0 Å². The Labute approximate surface area is 161 Å². The molecule has 1 atom stereocenters. The van der Waals surface area contributed by atoms with Crippen LogP contribution in [0.5, 0.6) is 5.75 Å². The molecule has 7 heteroatoms. The van der Waals surface area contributed by atoms with Crippen LogP contribution in [-0.2, 0) is 16.0 Å². The molecule has 0 heterocycles. The predicted octanol–water partition coefficient (Wildman–Crippen LogP) is 3.96. The van der Waals surface area contributed by atoms with E-state index in [1.165, 1.54) is 0 Å². The molecule has 0 fully saturated rings. The molecule has 0 aromatic heterocycles. The number of aliphatic carboxylic acids is 1. The molecule has 1 amide bonds. The number of nitrogens with one attached hydrogen (secondary N) is 1. The van der Waals surface area contributed by atoms with Crippen molar-refractivity contribution in [3.8, 4) is 5.75 Å². The van der Waals surface area contributed by atoms with E-state index in [1.54, 1.807) is 18.2 Å². The van der Waals surface area contributed by atoms with Gasteiger partial charge in [-0.05, 0) is 30.2 Å². The molecule has 0 saturated carbocycles. The first kappa shape index (κ1) is 20.1. The molecule has 0 aliphatic carbocycles. The van der Waals surface area contributed by atoms with Crippen molar-refractivity contribution < 1.29 is 19.4 Å². The summed E-state index contributed by atoms with van der Waals surface area (Å²) in [7, 11) is 0. The van der Waals surface area contributed by atoms with E-state index in [9.17, 15) is 14.7 Å². The molecule has 0 spiro atoms. The van der Waals surface area contributed by atoms with Gasteiger partial charge < -0.3 is 15.2 Å². The summed E-state index contributed by atoms with van der Waals surface area (Å²) in [5, 5.41) is 12.7. The van der Waals surface area contributed by atoms with Crippen molar-refractivity contribution in [1.82, 2.24) is 5.32 Å². The average Bonchev–Trinajstić information content (AvgIpc) is 2.60. The second-order valence-electron chi connectivity index (χ2n) is 5.67. The Morgan fingerprint density at radius 2 is 1.85 bits per heavy atom. The summed E-state index contributed by atoms with van der Waals surface area (Å²) in [6.07, 6.45) is 0.824. The third kappa shape index (κ3) is 6.58. The van der Waals surface area contributed by atoms with Crippen LogP contribution in [0.4, 0.5) is 0 Å². The first-order valence-corrected chi connectivity index (χ1v) is 8.85. The average molecular weight is 396 g/mol. The Balaban J connectivity index is 1.76. The summed E-state index contributed by atoms with van der Waals surface area (Å²) in [5.74, 6) is -0.908. The van der Waals surface area contributed by atoms with Crippen LogP contribution >= 0.6 is 23.2 Å². The van der Waals surface area contributed by atoms with Crippen molar-refractivity contribution >= 4 is 35.1 Å². The zero-order valence-corrected chi connectivity index (χ0v) is 15.5. The molecule has 138 valence electrons. The SMILES string of the molecule is O=C(CCCOc1ccc(Cl)cc1Cl)NC(Cc1ccccc1)C(=O)O. The molecule has 26 heavy (non-hydrogen) atoms. The highest BCUT2D eigenvalue weighted by atomic mass is 35.5. The zero-order chi connectivity index (χ0) is 18.9. The number of carboxylic acid groups (broad SMARTS) is 1. The normalized spacial score (nSPS) is 11.6. The molecule has 0 radical (unpaired) electrons. The van der Waals surface area contributed by atoms with Gasteiger partial charge in [-0.3, -0.25) is 4.79 Å². The number of ether oxygens (including phenoxy) is 1. The number of hydrogen-bond donors (Lipinski definition) is 2. The van der Waals surface area contributed by atoms with E-state index in [0.29, 0.717) is 22.2 Å². The number of carbonyl (C=O) groups excluding carboxylic acids is 1. The Kier molecular flexibility index (Phi) is 7.75. The summed E-state index contributed by atoms with van der Waals surface area (Å²) in [6, 6.07) is 13.1. The minimum absolute atomic E-state index is 0.157. The van der Waals surface area contributed by atoms with Crippen LogP contribution in [0.1, 0.15) is 18.4 Å². The van der Waals surface area contributed by atoms with Crippen LogP contribution < -0.4 is 10.1 Å². The minimum Gasteiger partial charge on any atom is -0.492 e. The number of hydrogen-bond acceptors (Lipinski definition) is 3. The topological polar surface area (TPSA) is 75.6 Å². The summed E-state index contributed by atoms with van der Waals surface area (Å²) in [5.41, 5.74) is 0.848. The lowest BCUT2D eigenvalue weighted by Gasteiger charge is -2.15. The third-order valence-electron chi connectivity index (χ3n) is 3.62. The zero-order valence-electron chi connectivity index (χ0n) is 14.0. The number of benzene rings is 2. The van der Waals surface area contributed by atoms with Gasteiger partial charge in [-0.25, -0.2) is 4.79 Å². The van der Waals surface area contributed by atoms with Gasteiger partial charge in [0.05, 0.1) is 11.6 Å². The summed E-state index contributed by atoms with van der Waals surface area (Å²) < 4.78 is 5.50. The predicted molar refractivity (Wildman–Crippen MR) is 101 cm³/mol. The number of amides is 1. The van der Waals surface area contributed by atoms with Gasteiger partial charge in [-0.1, -0.05) is 53.5 Å². The van der Waals surface area contributed by atoms with E-state index < -0.39 is 12.0 Å². The standard InChI is InChI=1S/C19H19Cl2NO4/c20-14-8-9-17(15(21)12-14)26-10-4-7-18(23)22-16(19(24)25)11-13-5-2-1-3-6-13/h1-3,5-6,8-9,12,16H,4,7,10-11H2,(H,22,23)(H,24,25). The fraction of sp³-hybridized carbons (Fsp3) is 0.263. The smallest absolute Gasteiger partial charge is 0.326 e. The van der Waals surface area contributed by atoms with E-state index in [1.807, 2.05) is 30.3 Å². The molecule has 1 unspecified atom stereocenters. The maximum atomic E-state index is 12.0. The molecule has 2 aromatic rings. The van der Waals surface area contributed by atoms with Gasteiger partial charge in [-0.15, -0.1) is 0 Å². The molecule has 0 aliphatic rings. The lowest BCUT2D eigenvalue weighted by atomic mass is 10.1. The van der Waals surface area contributed by atoms with Crippen LogP contribution in [-0.4, -0.2) is 29.6 Å². The maximum Gasteiger partial charge on any atom is 0.326 e. The highest BCUT2D eigenvalue weighted by molar-refractivity contribution is 6.35. The van der Waals surface area contributed by atoms with Crippen LogP contribution in [0.25, 0.3) is 0 Å². The monoisotopic (exact) mass is 395 g/mol. The molecular formula is C19H19Cl2NO4. The molecule has 2 aromatic carbocycles. The van der Waals surface area contributed by atoms with E-state index >= 15 is 0 Å². The van der Waals surface area contributed by atoms with Crippen molar-refractivity contribution in [3.63, 3.8) is 0 Å². The fourth-order valence-corrected chi connectivity index (χ4v) is 2.79. The second-order valence-corrected chi connectivity index (χ2v) is 6.52. The van der Waals surface area contributed by atoms with Crippen molar-refractivity contribution in [2.75, 3.05) is 6.61 Å². The molecule has 2 rings (SSSR count). The van der Waals surface area contributed by atoms with Crippen molar-refractivity contribution in [2.24, 2.45) is 0 Å². The maximum absolute atomic E-state index is 12.0. The first-order chi connectivity index (χ1) is 12.5. The minimum atomic E-state index is -1.06. The van der Waals surface area contributed by atoms with Crippen molar-refractivity contribution in [3.05, 3.63) is 64.1 Å². The highest BCUT2D eigenvalue weighted by Crippen LogP contribution is 2.27. The van der Waals surface area contributed by atoms with Gasteiger partial charge in [0, 0.05) is 17.9 Å². The third-order valence-corrected chi connectivity index (χ3v) is 4.15. The lowest BCUT2D eigenvalue weighted by Crippen LogP contribution is -2.42. The van der Waals surface area contributed by atoms with E-state index in [2.05, 4.69) is 5.32 Å². The number of rotatable bonds is 9. The Morgan fingerprint density at radius 3 is 2.50 bits per heavy atom. The number of carboxylic acids is 1. The highest BCUT2D eigenvalue weighted by Gasteiger charge is 2.20. The number of halogens is 2. The molecule has 2 N–H and O–H groups in total. The van der Waals surface area contributed by atoms with E-state index in [-0.39, 0.29) is 25.4 Å². The quantitative estimate of drug-likeness (QED) is 0.629. The first-order valence-electron chi connectivity index (χ1n) is 8.09.